The molecule has 0 saturated carbocycles. The van der Waals surface area contributed by atoms with E-state index < -0.39 is 5.97 Å². The minimum absolute atomic E-state index is 0.154. The Bertz CT molecular complexity index is 1240. The van der Waals surface area contributed by atoms with E-state index in [9.17, 15) is 9.59 Å². The predicted molar refractivity (Wildman–Crippen MR) is 144 cm³/mol. The Balaban J connectivity index is 1.52. The van der Waals surface area contributed by atoms with Crippen LogP contribution in [0.5, 0.6) is 0 Å². The molecule has 3 aromatic heterocycles. The van der Waals surface area contributed by atoms with Crippen LogP contribution in [0.1, 0.15) is 71.4 Å². The molecule has 1 aliphatic carbocycles. The molecule has 1 unspecified atom stereocenters. The van der Waals surface area contributed by atoms with Crippen molar-refractivity contribution in [3.8, 4) is 11.4 Å². The molecule has 0 saturated heterocycles. The van der Waals surface area contributed by atoms with Gasteiger partial charge in [0.1, 0.15) is 5.00 Å². The van der Waals surface area contributed by atoms with E-state index in [1.54, 1.807) is 0 Å². The van der Waals surface area contributed by atoms with Crippen LogP contribution in [0.4, 0.5) is 5.00 Å². The molecule has 1 atom stereocenters. The van der Waals surface area contributed by atoms with Crippen LogP contribution in [0.25, 0.3) is 11.4 Å². The topological polar surface area (TPSA) is 86.1 Å². The van der Waals surface area contributed by atoms with E-state index in [1.165, 1.54) is 52.6 Å². The van der Waals surface area contributed by atoms with Gasteiger partial charge in [-0.25, -0.2) is 4.79 Å². The first-order chi connectivity index (χ1) is 16.7. The normalized spacial score (nSPS) is 15.3. The second-order valence-corrected chi connectivity index (χ2v) is 12.3. The molecule has 188 valence electrons. The average Bonchev–Trinajstić information content (AvgIpc) is 3.51. The molecule has 10 heteroatoms. The standard InChI is InChI=1S/C25H32N4O3S3/c1-7-16-15(5)35-23(21(16)24(31)32-6)26-20(30)12-34-25-28-27-22(29(25)13(2)3)18-11-33-19-10-14(4)8-9-17(18)19/h11,13-14H,7-10,12H2,1-6H3,(H,26,30). The van der Waals surface area contributed by atoms with Crippen molar-refractivity contribution in [3.63, 3.8) is 0 Å². The minimum Gasteiger partial charge on any atom is -0.465 e. The third kappa shape index (κ3) is 5.20. The molecule has 0 aromatic carbocycles. The molecule has 3 heterocycles. The van der Waals surface area contributed by atoms with Gasteiger partial charge in [0, 0.05) is 26.7 Å². The summed E-state index contributed by atoms with van der Waals surface area (Å²) in [5, 5.41) is 15.4. The molecule has 4 rings (SSSR count). The third-order valence-corrected chi connectivity index (χ3v) is 9.42. The van der Waals surface area contributed by atoms with E-state index in [1.807, 2.05) is 25.2 Å². The van der Waals surface area contributed by atoms with Crippen LogP contribution in [0.2, 0.25) is 0 Å². The number of methoxy groups -OCH3 is 1. The molecule has 0 radical (unpaired) electrons. The fraction of sp³-hybridized carbons (Fsp3) is 0.520. The molecule has 3 aromatic rings. The van der Waals surface area contributed by atoms with E-state index in [-0.39, 0.29) is 17.7 Å². The van der Waals surface area contributed by atoms with Crippen LogP contribution >= 0.6 is 34.4 Å². The van der Waals surface area contributed by atoms with Gasteiger partial charge in [0.25, 0.3) is 0 Å². The van der Waals surface area contributed by atoms with E-state index in [4.69, 9.17) is 4.74 Å². The number of carbonyl (C=O) groups is 2. The SMILES string of the molecule is CCc1c(C)sc(NC(=O)CSc2nnc(-c3csc4c3CCC(C)C4)n2C(C)C)c1C(=O)OC. The van der Waals surface area contributed by atoms with Crippen LogP contribution in [0.3, 0.4) is 0 Å². The number of hydrogen-bond acceptors (Lipinski definition) is 8. The smallest absolute Gasteiger partial charge is 0.341 e. The second-order valence-electron chi connectivity index (χ2n) is 9.19. The first kappa shape index (κ1) is 25.9. The lowest BCUT2D eigenvalue weighted by Crippen LogP contribution is -2.17. The Morgan fingerprint density at radius 2 is 2.11 bits per heavy atom. The lowest BCUT2D eigenvalue weighted by Gasteiger charge is -2.19. The van der Waals surface area contributed by atoms with Crippen LogP contribution < -0.4 is 5.32 Å². The lowest BCUT2D eigenvalue weighted by atomic mass is 9.88. The Morgan fingerprint density at radius 3 is 2.80 bits per heavy atom. The molecule has 1 aliphatic rings. The van der Waals surface area contributed by atoms with Gasteiger partial charge in [0.2, 0.25) is 5.91 Å². The number of amides is 1. The highest BCUT2D eigenvalue weighted by molar-refractivity contribution is 7.99. The summed E-state index contributed by atoms with van der Waals surface area (Å²) in [6.45, 7) is 10.5. The first-order valence-corrected chi connectivity index (χ1v) is 14.6. The molecule has 35 heavy (non-hydrogen) atoms. The van der Waals surface area contributed by atoms with Gasteiger partial charge in [-0.15, -0.1) is 32.9 Å². The van der Waals surface area contributed by atoms with Crippen molar-refractivity contribution in [2.24, 2.45) is 5.92 Å². The summed E-state index contributed by atoms with van der Waals surface area (Å²) in [5.41, 5.74) is 3.97. The molecule has 0 bridgehead atoms. The van der Waals surface area contributed by atoms with Gasteiger partial charge in [0.15, 0.2) is 11.0 Å². The number of aromatic nitrogens is 3. The van der Waals surface area contributed by atoms with Crippen molar-refractivity contribution >= 4 is 51.3 Å². The van der Waals surface area contributed by atoms with E-state index in [0.29, 0.717) is 17.0 Å². The average molecular weight is 533 g/mol. The molecule has 7 nitrogen and oxygen atoms in total. The van der Waals surface area contributed by atoms with Crippen LogP contribution in [0, 0.1) is 12.8 Å². The molecule has 1 N–H and O–H groups in total. The Morgan fingerprint density at radius 1 is 1.34 bits per heavy atom. The van der Waals surface area contributed by atoms with Crippen molar-refractivity contribution in [1.82, 2.24) is 14.8 Å². The van der Waals surface area contributed by atoms with Crippen molar-refractivity contribution in [3.05, 3.63) is 31.8 Å². The summed E-state index contributed by atoms with van der Waals surface area (Å²) < 4.78 is 7.09. The number of hydrogen-bond donors (Lipinski definition) is 1. The number of carbonyl (C=O) groups excluding carboxylic acids is 2. The van der Waals surface area contributed by atoms with Crippen molar-refractivity contribution in [2.75, 3.05) is 18.2 Å². The van der Waals surface area contributed by atoms with Gasteiger partial charge < -0.3 is 10.1 Å². The Hall–Kier alpha value is -2.17. The van der Waals surface area contributed by atoms with Gasteiger partial charge in [-0.2, -0.15) is 0 Å². The zero-order valence-electron chi connectivity index (χ0n) is 21.1. The summed E-state index contributed by atoms with van der Waals surface area (Å²) in [7, 11) is 1.36. The minimum atomic E-state index is -0.424. The van der Waals surface area contributed by atoms with Gasteiger partial charge in [-0.1, -0.05) is 25.6 Å². The Kier molecular flexibility index (Phi) is 8.02. The quantitative estimate of drug-likeness (QED) is 0.276. The number of nitrogens with one attached hydrogen (secondary N) is 1. The highest BCUT2D eigenvalue weighted by Crippen LogP contribution is 2.39. The molecular formula is C25H32N4O3S3. The van der Waals surface area contributed by atoms with Crippen molar-refractivity contribution < 1.29 is 14.3 Å². The van der Waals surface area contributed by atoms with Crippen molar-refractivity contribution in [2.45, 2.75) is 71.5 Å². The van der Waals surface area contributed by atoms with Crippen LogP contribution in [-0.4, -0.2) is 39.5 Å². The number of thiophene rings is 2. The fourth-order valence-electron chi connectivity index (χ4n) is 4.59. The first-order valence-electron chi connectivity index (χ1n) is 11.9. The van der Waals surface area contributed by atoms with Gasteiger partial charge in [-0.3, -0.25) is 9.36 Å². The van der Waals surface area contributed by atoms with Gasteiger partial charge >= 0.3 is 5.97 Å². The van der Waals surface area contributed by atoms with Gasteiger partial charge in [0.05, 0.1) is 18.4 Å². The summed E-state index contributed by atoms with van der Waals surface area (Å²) >= 11 is 4.59. The van der Waals surface area contributed by atoms with E-state index >= 15 is 0 Å². The van der Waals surface area contributed by atoms with E-state index in [0.717, 1.165) is 40.2 Å². The molecular weight excluding hydrogens is 501 g/mol. The lowest BCUT2D eigenvalue weighted by molar-refractivity contribution is -0.113. The summed E-state index contributed by atoms with van der Waals surface area (Å²) in [6, 6.07) is 0.154. The van der Waals surface area contributed by atoms with Gasteiger partial charge in [-0.05, 0) is 63.5 Å². The number of rotatable bonds is 8. The zero-order chi connectivity index (χ0) is 25.3. The zero-order valence-corrected chi connectivity index (χ0v) is 23.5. The maximum Gasteiger partial charge on any atom is 0.341 e. The fourth-order valence-corrected chi connectivity index (χ4v) is 7.85. The number of aryl methyl sites for hydroxylation is 1. The monoisotopic (exact) mass is 532 g/mol. The number of fused-ring (bicyclic) bond motifs is 1. The van der Waals surface area contributed by atoms with E-state index in [2.05, 4.69) is 46.2 Å². The molecule has 0 spiro atoms. The summed E-state index contributed by atoms with van der Waals surface area (Å²) in [5.74, 6) is 1.16. The Labute approximate surface area is 218 Å². The molecule has 1 amide bonds. The highest BCUT2D eigenvalue weighted by Gasteiger charge is 2.26. The largest absolute Gasteiger partial charge is 0.465 e. The van der Waals surface area contributed by atoms with Crippen LogP contribution in [-0.2, 0) is 28.8 Å². The van der Waals surface area contributed by atoms with Crippen LogP contribution in [0.15, 0.2) is 10.5 Å². The number of ether oxygens (including phenoxy) is 1. The summed E-state index contributed by atoms with van der Waals surface area (Å²) in [6.07, 6.45) is 4.10. The maximum atomic E-state index is 12.9. The number of esters is 1. The number of anilines is 1. The molecule has 0 aliphatic heterocycles. The van der Waals surface area contributed by atoms with Crippen molar-refractivity contribution in [1.29, 1.82) is 0 Å². The summed E-state index contributed by atoms with van der Waals surface area (Å²) in [4.78, 5) is 27.7. The highest BCUT2D eigenvalue weighted by atomic mass is 32.2. The maximum absolute atomic E-state index is 12.9. The number of nitrogens with zero attached hydrogens (tertiary/aromatic N) is 3. The third-order valence-electron chi connectivity index (χ3n) is 6.36. The second kappa shape index (κ2) is 10.8. The predicted octanol–water partition coefficient (Wildman–Crippen LogP) is 6.16. The number of thioether (sulfide) groups is 1. The molecule has 0 fully saturated rings.